The zero-order valence-corrected chi connectivity index (χ0v) is 12.2. The standard InChI is InChI=1S/C16H13NS2/c1-12-8-15(14-5-7-19-11-14)9-16(17-12)3-2-13-4-6-18-10-13/h2-11H,1H3/b3-2+. The molecule has 0 spiro atoms. The molecule has 0 radical (unpaired) electrons. The zero-order chi connectivity index (χ0) is 13.1. The molecule has 0 unspecified atom stereocenters. The average molecular weight is 283 g/mol. The number of aryl methyl sites for hydroxylation is 1. The molecule has 0 N–H and O–H groups in total. The quantitative estimate of drug-likeness (QED) is 0.631. The van der Waals surface area contributed by atoms with E-state index < -0.39 is 0 Å². The first kappa shape index (κ1) is 12.3. The van der Waals surface area contributed by atoms with Crippen LogP contribution in [0.25, 0.3) is 23.3 Å². The van der Waals surface area contributed by atoms with Crippen molar-refractivity contribution in [3.8, 4) is 11.1 Å². The second kappa shape index (κ2) is 5.51. The lowest BCUT2D eigenvalue weighted by Gasteiger charge is -2.02. The van der Waals surface area contributed by atoms with E-state index in [1.165, 1.54) is 16.7 Å². The highest BCUT2D eigenvalue weighted by Gasteiger charge is 2.01. The van der Waals surface area contributed by atoms with Gasteiger partial charge in [-0.3, -0.25) is 4.98 Å². The smallest absolute Gasteiger partial charge is 0.0639 e. The zero-order valence-electron chi connectivity index (χ0n) is 10.5. The molecular weight excluding hydrogens is 270 g/mol. The molecule has 1 nitrogen and oxygen atoms in total. The maximum absolute atomic E-state index is 4.56. The van der Waals surface area contributed by atoms with Crippen molar-refractivity contribution in [3.63, 3.8) is 0 Å². The molecular formula is C16H13NS2. The van der Waals surface area contributed by atoms with E-state index in [1.807, 2.05) is 6.92 Å². The summed E-state index contributed by atoms with van der Waals surface area (Å²) in [5.74, 6) is 0. The molecule has 19 heavy (non-hydrogen) atoms. The number of thiophene rings is 2. The van der Waals surface area contributed by atoms with Gasteiger partial charge in [0.2, 0.25) is 0 Å². The minimum atomic E-state index is 1.01. The van der Waals surface area contributed by atoms with Crippen molar-refractivity contribution in [1.82, 2.24) is 4.98 Å². The summed E-state index contributed by atoms with van der Waals surface area (Å²) in [5.41, 5.74) is 5.78. The number of pyridine rings is 1. The second-order valence-electron chi connectivity index (χ2n) is 4.32. The van der Waals surface area contributed by atoms with Gasteiger partial charge in [-0.25, -0.2) is 0 Å². The van der Waals surface area contributed by atoms with Crippen LogP contribution in [0, 0.1) is 6.92 Å². The maximum atomic E-state index is 4.56. The molecule has 0 saturated heterocycles. The number of hydrogen-bond acceptors (Lipinski definition) is 3. The normalized spacial score (nSPS) is 11.2. The van der Waals surface area contributed by atoms with Crippen LogP contribution in [0.4, 0.5) is 0 Å². The number of aromatic nitrogens is 1. The summed E-state index contributed by atoms with van der Waals surface area (Å²) in [6.45, 7) is 2.04. The molecule has 0 aromatic carbocycles. The lowest BCUT2D eigenvalue weighted by atomic mass is 10.1. The summed E-state index contributed by atoms with van der Waals surface area (Å²) in [6, 6.07) is 8.52. The third-order valence-electron chi connectivity index (χ3n) is 2.82. The number of rotatable bonds is 3. The molecule has 0 fully saturated rings. The second-order valence-corrected chi connectivity index (χ2v) is 5.88. The molecule has 0 aliphatic carbocycles. The largest absolute Gasteiger partial charge is 0.254 e. The molecule has 0 bridgehead atoms. The molecule has 3 aromatic heterocycles. The van der Waals surface area contributed by atoms with E-state index in [0.29, 0.717) is 0 Å². The van der Waals surface area contributed by atoms with Crippen LogP contribution in [0.15, 0.2) is 45.8 Å². The van der Waals surface area contributed by atoms with E-state index in [4.69, 9.17) is 0 Å². The van der Waals surface area contributed by atoms with Crippen molar-refractivity contribution in [3.05, 3.63) is 62.7 Å². The maximum Gasteiger partial charge on any atom is 0.0639 e. The fourth-order valence-electron chi connectivity index (χ4n) is 1.93. The van der Waals surface area contributed by atoms with E-state index >= 15 is 0 Å². The van der Waals surface area contributed by atoms with Gasteiger partial charge in [0.05, 0.1) is 5.69 Å². The molecule has 0 amide bonds. The van der Waals surface area contributed by atoms with E-state index in [1.54, 1.807) is 22.7 Å². The first-order chi connectivity index (χ1) is 9.31. The third kappa shape index (κ3) is 3.00. The Labute approximate surface area is 120 Å². The first-order valence-electron chi connectivity index (χ1n) is 6.03. The Morgan fingerprint density at radius 3 is 2.53 bits per heavy atom. The summed E-state index contributed by atoms with van der Waals surface area (Å²) in [5, 5.41) is 8.49. The van der Waals surface area contributed by atoms with Crippen LogP contribution in [0.3, 0.4) is 0 Å². The lowest BCUT2D eigenvalue weighted by molar-refractivity contribution is 1.18. The Morgan fingerprint density at radius 1 is 0.947 bits per heavy atom. The Bertz CT molecular complexity index is 680. The molecule has 3 heteroatoms. The van der Waals surface area contributed by atoms with Gasteiger partial charge in [0.15, 0.2) is 0 Å². The van der Waals surface area contributed by atoms with Gasteiger partial charge in [0.25, 0.3) is 0 Å². The molecule has 94 valence electrons. The molecule has 0 aliphatic heterocycles. The van der Waals surface area contributed by atoms with Crippen molar-refractivity contribution in [2.24, 2.45) is 0 Å². The Hall–Kier alpha value is -1.71. The summed E-state index contributed by atoms with van der Waals surface area (Å²) in [7, 11) is 0. The van der Waals surface area contributed by atoms with Crippen molar-refractivity contribution in [2.75, 3.05) is 0 Å². The molecule has 0 saturated carbocycles. The van der Waals surface area contributed by atoms with Crippen LogP contribution in [0.2, 0.25) is 0 Å². The van der Waals surface area contributed by atoms with Crippen LogP contribution >= 0.6 is 22.7 Å². The van der Waals surface area contributed by atoms with Gasteiger partial charge in [0.1, 0.15) is 0 Å². The minimum absolute atomic E-state index is 1.01. The summed E-state index contributed by atoms with van der Waals surface area (Å²) in [4.78, 5) is 4.56. The molecule has 3 rings (SSSR count). The Kier molecular flexibility index (Phi) is 3.58. The van der Waals surface area contributed by atoms with Crippen LogP contribution in [-0.2, 0) is 0 Å². The molecule has 3 heterocycles. The Balaban J connectivity index is 1.94. The molecule has 0 atom stereocenters. The van der Waals surface area contributed by atoms with E-state index in [9.17, 15) is 0 Å². The minimum Gasteiger partial charge on any atom is -0.254 e. The van der Waals surface area contributed by atoms with Gasteiger partial charge in [0, 0.05) is 5.69 Å². The lowest BCUT2D eigenvalue weighted by Crippen LogP contribution is -1.87. The molecule has 3 aromatic rings. The number of hydrogen-bond donors (Lipinski definition) is 0. The predicted octanol–water partition coefficient (Wildman–Crippen LogP) is 5.35. The van der Waals surface area contributed by atoms with Gasteiger partial charge in [-0.2, -0.15) is 22.7 Å². The fourth-order valence-corrected chi connectivity index (χ4v) is 3.22. The van der Waals surface area contributed by atoms with Crippen LogP contribution < -0.4 is 0 Å². The predicted molar refractivity (Wildman–Crippen MR) is 85.5 cm³/mol. The first-order valence-corrected chi connectivity index (χ1v) is 7.91. The van der Waals surface area contributed by atoms with Crippen molar-refractivity contribution < 1.29 is 0 Å². The van der Waals surface area contributed by atoms with Crippen molar-refractivity contribution >= 4 is 34.8 Å². The van der Waals surface area contributed by atoms with Crippen molar-refractivity contribution in [2.45, 2.75) is 6.92 Å². The summed E-state index contributed by atoms with van der Waals surface area (Å²) in [6.07, 6.45) is 4.18. The van der Waals surface area contributed by atoms with Crippen LogP contribution in [0.1, 0.15) is 17.0 Å². The average Bonchev–Trinajstić information content (AvgIpc) is 3.09. The molecule has 0 aliphatic rings. The van der Waals surface area contributed by atoms with Gasteiger partial charge < -0.3 is 0 Å². The topological polar surface area (TPSA) is 12.9 Å². The Morgan fingerprint density at radius 2 is 1.79 bits per heavy atom. The van der Waals surface area contributed by atoms with Crippen LogP contribution in [0.5, 0.6) is 0 Å². The summed E-state index contributed by atoms with van der Waals surface area (Å²) >= 11 is 3.43. The van der Waals surface area contributed by atoms with E-state index in [0.717, 1.165) is 11.4 Å². The number of nitrogens with zero attached hydrogens (tertiary/aromatic N) is 1. The SMILES string of the molecule is Cc1cc(-c2ccsc2)cc(/C=C/c2ccsc2)n1. The van der Waals surface area contributed by atoms with Gasteiger partial charge in [-0.05, 0) is 75.5 Å². The summed E-state index contributed by atoms with van der Waals surface area (Å²) < 4.78 is 0. The van der Waals surface area contributed by atoms with Crippen LogP contribution in [-0.4, -0.2) is 4.98 Å². The highest BCUT2D eigenvalue weighted by atomic mass is 32.1. The van der Waals surface area contributed by atoms with E-state index in [2.05, 4.69) is 62.9 Å². The van der Waals surface area contributed by atoms with Gasteiger partial charge in [-0.15, -0.1) is 0 Å². The van der Waals surface area contributed by atoms with Gasteiger partial charge in [-0.1, -0.05) is 6.08 Å². The highest BCUT2D eigenvalue weighted by molar-refractivity contribution is 7.08. The fraction of sp³-hybridized carbons (Fsp3) is 0.0625. The van der Waals surface area contributed by atoms with E-state index in [-0.39, 0.29) is 0 Å². The monoisotopic (exact) mass is 283 g/mol. The van der Waals surface area contributed by atoms with Crippen molar-refractivity contribution in [1.29, 1.82) is 0 Å². The highest BCUT2D eigenvalue weighted by Crippen LogP contribution is 2.24. The third-order valence-corrected chi connectivity index (χ3v) is 4.20. The van der Waals surface area contributed by atoms with Gasteiger partial charge >= 0.3 is 0 Å².